The van der Waals surface area contributed by atoms with E-state index in [1.807, 2.05) is 48.3 Å². The molecular weight excluding hydrogens is 302 g/mol. The fourth-order valence-corrected chi connectivity index (χ4v) is 2.95. The highest BCUT2D eigenvalue weighted by Crippen LogP contribution is 2.34. The summed E-state index contributed by atoms with van der Waals surface area (Å²) in [5, 5.41) is 10.7. The molecule has 1 atom stereocenters. The van der Waals surface area contributed by atoms with Gasteiger partial charge in [-0.2, -0.15) is 0 Å². The molecule has 0 radical (unpaired) electrons. The van der Waals surface area contributed by atoms with Crippen LogP contribution in [0.15, 0.2) is 59.3 Å². The van der Waals surface area contributed by atoms with Crippen molar-refractivity contribution < 1.29 is 9.52 Å². The van der Waals surface area contributed by atoms with Crippen LogP contribution >= 0.6 is 0 Å². The van der Waals surface area contributed by atoms with E-state index >= 15 is 0 Å². The Kier molecular flexibility index (Phi) is 3.34. The van der Waals surface area contributed by atoms with Crippen LogP contribution in [0.2, 0.25) is 0 Å². The van der Waals surface area contributed by atoms with Crippen molar-refractivity contribution in [3.8, 4) is 5.75 Å². The third kappa shape index (κ3) is 2.25. The van der Waals surface area contributed by atoms with E-state index in [9.17, 15) is 5.11 Å². The van der Waals surface area contributed by atoms with Crippen LogP contribution in [0.5, 0.6) is 5.75 Å². The van der Waals surface area contributed by atoms with Gasteiger partial charge in [0.05, 0.1) is 6.04 Å². The summed E-state index contributed by atoms with van der Waals surface area (Å²) in [6.45, 7) is 2.06. The number of phenolic OH excluding ortho intramolecular Hbond substituents is 1. The Morgan fingerprint density at radius 1 is 1.08 bits per heavy atom. The first-order valence-corrected chi connectivity index (χ1v) is 7.79. The fraction of sp³-hybridized carbons (Fsp3) is 0.158. The van der Waals surface area contributed by atoms with Crippen molar-refractivity contribution in [1.82, 2.24) is 9.97 Å². The molecule has 5 heteroatoms. The SMILES string of the molecule is C[C@@H](c1cccc(O)c1)N(C)c1ncnc2c1oc1ccccc12. The Hall–Kier alpha value is -3.08. The number of furan rings is 1. The third-order valence-electron chi connectivity index (χ3n) is 4.41. The first kappa shape index (κ1) is 14.5. The Morgan fingerprint density at radius 3 is 2.75 bits per heavy atom. The summed E-state index contributed by atoms with van der Waals surface area (Å²) >= 11 is 0. The summed E-state index contributed by atoms with van der Waals surface area (Å²) in [7, 11) is 1.96. The van der Waals surface area contributed by atoms with Gasteiger partial charge in [-0.25, -0.2) is 9.97 Å². The number of hydrogen-bond donors (Lipinski definition) is 1. The van der Waals surface area contributed by atoms with Crippen LogP contribution in [0.25, 0.3) is 22.1 Å². The van der Waals surface area contributed by atoms with Gasteiger partial charge in [-0.1, -0.05) is 24.3 Å². The van der Waals surface area contributed by atoms with E-state index in [0.717, 1.165) is 27.9 Å². The normalized spacial score (nSPS) is 12.6. The van der Waals surface area contributed by atoms with Crippen molar-refractivity contribution in [2.75, 3.05) is 11.9 Å². The summed E-state index contributed by atoms with van der Waals surface area (Å²) in [6.07, 6.45) is 1.56. The minimum atomic E-state index is 0.0170. The number of aromatic hydroxyl groups is 1. The first-order valence-electron chi connectivity index (χ1n) is 7.79. The predicted molar refractivity (Wildman–Crippen MR) is 94.2 cm³/mol. The van der Waals surface area contributed by atoms with Crippen molar-refractivity contribution in [3.63, 3.8) is 0 Å². The standard InChI is InChI=1S/C19H17N3O2/c1-12(13-6-5-7-14(23)10-13)22(2)19-18-17(20-11-21-19)15-8-3-4-9-16(15)24-18/h3-12,23H,1-2H3/t12-/m0/s1. The highest BCUT2D eigenvalue weighted by atomic mass is 16.3. The molecule has 0 spiro atoms. The molecule has 24 heavy (non-hydrogen) atoms. The summed E-state index contributed by atoms with van der Waals surface area (Å²) in [5.74, 6) is 0.983. The fourth-order valence-electron chi connectivity index (χ4n) is 2.95. The maximum absolute atomic E-state index is 9.72. The summed E-state index contributed by atoms with van der Waals surface area (Å²) in [4.78, 5) is 10.8. The molecule has 4 rings (SSSR count). The van der Waals surface area contributed by atoms with Crippen LogP contribution in [0.3, 0.4) is 0 Å². The van der Waals surface area contributed by atoms with Crippen LogP contribution in [0, 0.1) is 0 Å². The molecule has 4 aromatic rings. The van der Waals surface area contributed by atoms with Gasteiger partial charge in [0.15, 0.2) is 11.4 Å². The number of hydrogen-bond acceptors (Lipinski definition) is 5. The number of nitrogens with zero attached hydrogens (tertiary/aromatic N) is 3. The number of anilines is 1. The second-order valence-electron chi connectivity index (χ2n) is 5.86. The Balaban J connectivity index is 1.83. The zero-order valence-electron chi connectivity index (χ0n) is 13.5. The van der Waals surface area contributed by atoms with Gasteiger partial charge < -0.3 is 14.4 Å². The van der Waals surface area contributed by atoms with E-state index in [-0.39, 0.29) is 11.8 Å². The smallest absolute Gasteiger partial charge is 0.196 e. The number of phenols is 1. The molecule has 0 aliphatic rings. The number of benzene rings is 2. The number of fused-ring (bicyclic) bond motifs is 3. The summed E-state index contributed by atoms with van der Waals surface area (Å²) in [5.41, 5.74) is 3.28. The molecule has 5 nitrogen and oxygen atoms in total. The van der Waals surface area contributed by atoms with Crippen molar-refractivity contribution in [2.24, 2.45) is 0 Å². The van der Waals surface area contributed by atoms with Crippen LogP contribution in [0.1, 0.15) is 18.5 Å². The minimum absolute atomic E-state index is 0.0170. The van der Waals surface area contributed by atoms with Crippen LogP contribution in [-0.4, -0.2) is 22.1 Å². The summed E-state index contributed by atoms with van der Waals surface area (Å²) in [6, 6.07) is 15.1. The predicted octanol–water partition coefficient (Wildman–Crippen LogP) is 4.28. The molecule has 0 aliphatic carbocycles. The number of rotatable bonds is 3. The van der Waals surface area contributed by atoms with E-state index in [0.29, 0.717) is 5.58 Å². The maximum atomic E-state index is 9.72. The van der Waals surface area contributed by atoms with Crippen LogP contribution in [-0.2, 0) is 0 Å². The first-order chi connectivity index (χ1) is 11.6. The molecular formula is C19H17N3O2. The van der Waals surface area contributed by atoms with Crippen LogP contribution < -0.4 is 4.90 Å². The minimum Gasteiger partial charge on any atom is -0.508 e. The van der Waals surface area contributed by atoms with Gasteiger partial charge in [0.2, 0.25) is 0 Å². The maximum Gasteiger partial charge on any atom is 0.196 e. The summed E-state index contributed by atoms with van der Waals surface area (Å²) < 4.78 is 6.00. The average molecular weight is 319 g/mol. The lowest BCUT2D eigenvalue weighted by molar-refractivity contribution is 0.473. The second-order valence-corrected chi connectivity index (χ2v) is 5.86. The lowest BCUT2D eigenvalue weighted by atomic mass is 10.1. The molecule has 0 unspecified atom stereocenters. The van der Waals surface area contributed by atoms with Crippen molar-refractivity contribution in [1.29, 1.82) is 0 Å². The number of para-hydroxylation sites is 1. The molecule has 1 N–H and O–H groups in total. The van der Waals surface area contributed by atoms with Gasteiger partial charge in [-0.3, -0.25) is 0 Å². The number of aromatic nitrogens is 2. The monoisotopic (exact) mass is 319 g/mol. The van der Waals surface area contributed by atoms with Gasteiger partial charge in [-0.15, -0.1) is 0 Å². The largest absolute Gasteiger partial charge is 0.508 e. The molecule has 0 saturated carbocycles. The lowest BCUT2D eigenvalue weighted by Gasteiger charge is -2.26. The van der Waals surface area contributed by atoms with Crippen molar-refractivity contribution in [2.45, 2.75) is 13.0 Å². The Labute approximate surface area is 139 Å². The van der Waals surface area contributed by atoms with Gasteiger partial charge >= 0.3 is 0 Å². The molecule has 0 fully saturated rings. The molecule has 2 aromatic carbocycles. The molecule has 0 amide bonds. The van der Waals surface area contributed by atoms with Crippen LogP contribution in [0.4, 0.5) is 5.82 Å². The van der Waals surface area contributed by atoms with E-state index < -0.39 is 0 Å². The zero-order valence-corrected chi connectivity index (χ0v) is 13.5. The van der Waals surface area contributed by atoms with E-state index in [2.05, 4.69) is 16.9 Å². The van der Waals surface area contributed by atoms with Gasteiger partial charge in [0.25, 0.3) is 0 Å². The molecule has 0 aliphatic heterocycles. The van der Waals surface area contributed by atoms with E-state index in [1.54, 1.807) is 18.5 Å². The highest BCUT2D eigenvalue weighted by molar-refractivity contribution is 6.05. The van der Waals surface area contributed by atoms with Crippen molar-refractivity contribution in [3.05, 3.63) is 60.4 Å². The Bertz CT molecular complexity index is 1030. The second kappa shape index (κ2) is 5.53. The molecule has 0 bridgehead atoms. The van der Waals surface area contributed by atoms with Gasteiger partial charge in [0.1, 0.15) is 23.2 Å². The molecule has 0 saturated heterocycles. The Morgan fingerprint density at radius 2 is 1.92 bits per heavy atom. The topological polar surface area (TPSA) is 62.4 Å². The molecule has 120 valence electrons. The highest BCUT2D eigenvalue weighted by Gasteiger charge is 2.20. The third-order valence-corrected chi connectivity index (χ3v) is 4.41. The lowest BCUT2D eigenvalue weighted by Crippen LogP contribution is -2.22. The quantitative estimate of drug-likeness (QED) is 0.610. The van der Waals surface area contributed by atoms with Gasteiger partial charge in [0, 0.05) is 12.4 Å². The van der Waals surface area contributed by atoms with E-state index in [1.165, 1.54) is 0 Å². The molecule has 2 aromatic heterocycles. The van der Waals surface area contributed by atoms with E-state index in [4.69, 9.17) is 4.42 Å². The molecule has 2 heterocycles. The zero-order chi connectivity index (χ0) is 16.7. The van der Waals surface area contributed by atoms with Crippen molar-refractivity contribution >= 4 is 27.9 Å². The van der Waals surface area contributed by atoms with Gasteiger partial charge in [-0.05, 0) is 36.8 Å². The average Bonchev–Trinajstić information content (AvgIpc) is 2.99.